The zero-order chi connectivity index (χ0) is 23.8. The van der Waals surface area contributed by atoms with Gasteiger partial charge in [-0.2, -0.15) is 0 Å². The van der Waals surface area contributed by atoms with E-state index in [4.69, 9.17) is 5.73 Å². The van der Waals surface area contributed by atoms with Gasteiger partial charge in [0, 0.05) is 5.41 Å². The minimum absolute atomic E-state index is 0.00196. The summed E-state index contributed by atoms with van der Waals surface area (Å²) in [6, 6.07) is 3.74. The molecular weight excluding hydrogens is 426 g/mol. The SMILES string of the molecule is C=CS(=O)(=O)C(=O)[C@H](CC(C)C)NC(=O)[C@H](CC(N)=O)NC(C(=O)O)c1ccccc1. The quantitative estimate of drug-likeness (QED) is 0.349. The van der Waals surface area contributed by atoms with E-state index < -0.39 is 57.3 Å². The Morgan fingerprint density at radius 1 is 1.13 bits per heavy atom. The maximum atomic E-state index is 12.8. The molecule has 0 fully saturated rings. The highest BCUT2D eigenvalue weighted by Gasteiger charge is 2.34. The van der Waals surface area contributed by atoms with E-state index >= 15 is 0 Å². The highest BCUT2D eigenvalue weighted by atomic mass is 32.2. The number of aliphatic carboxylic acids is 1. The van der Waals surface area contributed by atoms with Gasteiger partial charge in [0.05, 0.1) is 12.5 Å². The number of carbonyl (C=O) groups excluding carboxylic acids is 3. The van der Waals surface area contributed by atoms with Crippen LogP contribution in [0.3, 0.4) is 0 Å². The maximum Gasteiger partial charge on any atom is 0.325 e. The fourth-order valence-corrected chi connectivity index (χ4v) is 3.54. The molecule has 10 nitrogen and oxygen atoms in total. The third-order valence-corrected chi connectivity index (χ3v) is 5.56. The van der Waals surface area contributed by atoms with Crippen LogP contribution in [0, 0.1) is 5.92 Å². The molecule has 0 aromatic heterocycles. The number of sulfone groups is 1. The Bertz CT molecular complexity index is 929. The minimum atomic E-state index is -4.31. The van der Waals surface area contributed by atoms with Gasteiger partial charge in [-0.1, -0.05) is 50.8 Å². The lowest BCUT2D eigenvalue weighted by atomic mass is 10.0. The zero-order valence-corrected chi connectivity index (χ0v) is 18.1. The molecule has 1 rings (SSSR count). The fraction of sp³-hybridized carbons (Fsp3) is 0.400. The van der Waals surface area contributed by atoms with Gasteiger partial charge in [0.15, 0.2) is 0 Å². The number of hydrogen-bond donors (Lipinski definition) is 4. The van der Waals surface area contributed by atoms with Crippen LogP contribution in [0.2, 0.25) is 0 Å². The molecule has 0 heterocycles. The van der Waals surface area contributed by atoms with E-state index in [1.54, 1.807) is 32.0 Å². The van der Waals surface area contributed by atoms with Gasteiger partial charge in [-0.15, -0.1) is 0 Å². The third kappa shape index (κ3) is 7.95. The average molecular weight is 454 g/mol. The molecule has 0 spiro atoms. The molecule has 0 aliphatic heterocycles. The first-order valence-corrected chi connectivity index (χ1v) is 11.0. The number of carbonyl (C=O) groups is 4. The standard InChI is InChI=1S/C20H27N3O7S/c1-4-31(29,30)20(28)15(10-12(2)3)23-18(25)14(11-16(21)24)22-17(19(26)27)13-8-6-5-7-9-13/h4-9,12,14-15,17,22H,1,10-11H2,2-3H3,(H2,21,24)(H,23,25)(H,26,27)/t14-,15-,17?/m0/s1. The molecular formula is C20H27N3O7S. The molecule has 31 heavy (non-hydrogen) atoms. The molecule has 2 amide bonds. The number of carboxylic acids is 1. The fourth-order valence-electron chi connectivity index (χ4n) is 2.82. The summed E-state index contributed by atoms with van der Waals surface area (Å²) >= 11 is 0. The van der Waals surface area contributed by atoms with Crippen LogP contribution in [0.25, 0.3) is 0 Å². The van der Waals surface area contributed by atoms with Gasteiger partial charge >= 0.3 is 5.97 Å². The van der Waals surface area contributed by atoms with Crippen molar-refractivity contribution in [1.82, 2.24) is 10.6 Å². The topological polar surface area (TPSA) is 173 Å². The number of hydrogen-bond acceptors (Lipinski definition) is 7. The molecule has 3 atom stereocenters. The second kappa shape index (κ2) is 11.4. The summed E-state index contributed by atoms with van der Waals surface area (Å²) in [6.45, 7) is 6.55. The lowest BCUT2D eigenvalue weighted by Crippen LogP contribution is -2.54. The monoisotopic (exact) mass is 453 g/mol. The Morgan fingerprint density at radius 2 is 1.71 bits per heavy atom. The van der Waals surface area contributed by atoms with Crippen molar-refractivity contribution in [2.24, 2.45) is 11.7 Å². The first-order valence-electron chi connectivity index (χ1n) is 9.42. The average Bonchev–Trinajstić information content (AvgIpc) is 2.69. The number of nitrogens with one attached hydrogen (secondary N) is 2. The molecule has 0 bridgehead atoms. The van der Waals surface area contributed by atoms with Crippen LogP contribution in [0.5, 0.6) is 0 Å². The van der Waals surface area contributed by atoms with Gasteiger partial charge in [-0.25, -0.2) is 8.42 Å². The molecule has 1 aromatic rings. The number of nitrogens with two attached hydrogens (primary N) is 1. The van der Waals surface area contributed by atoms with Crippen molar-refractivity contribution in [3.8, 4) is 0 Å². The van der Waals surface area contributed by atoms with E-state index in [2.05, 4.69) is 17.2 Å². The Balaban J connectivity index is 3.19. The van der Waals surface area contributed by atoms with Gasteiger partial charge in [0.25, 0.3) is 5.12 Å². The summed E-state index contributed by atoms with van der Waals surface area (Å²) in [5, 5.41) is 13.7. The number of carboxylic acid groups (broad SMARTS) is 1. The Labute approximate surface area is 180 Å². The second-order valence-electron chi connectivity index (χ2n) is 7.29. The molecule has 5 N–H and O–H groups in total. The number of benzene rings is 1. The summed E-state index contributed by atoms with van der Waals surface area (Å²) in [6.07, 6.45) is -0.568. The van der Waals surface area contributed by atoms with Crippen molar-refractivity contribution in [3.05, 3.63) is 47.9 Å². The summed E-state index contributed by atoms with van der Waals surface area (Å²) in [4.78, 5) is 48.4. The van der Waals surface area contributed by atoms with E-state index in [1.807, 2.05) is 0 Å². The number of primary amides is 1. The Morgan fingerprint density at radius 3 is 2.16 bits per heavy atom. The van der Waals surface area contributed by atoms with Crippen molar-refractivity contribution in [2.75, 3.05) is 0 Å². The first kappa shape index (κ1) is 26.0. The van der Waals surface area contributed by atoms with Crippen molar-refractivity contribution in [3.63, 3.8) is 0 Å². The highest BCUT2D eigenvalue weighted by molar-refractivity contribution is 8.08. The van der Waals surface area contributed by atoms with Crippen LogP contribution in [0.15, 0.2) is 42.3 Å². The first-order chi connectivity index (χ1) is 14.4. The van der Waals surface area contributed by atoms with Crippen LogP contribution in [0.1, 0.15) is 38.3 Å². The van der Waals surface area contributed by atoms with Gasteiger partial charge in [0.2, 0.25) is 21.7 Å². The van der Waals surface area contributed by atoms with E-state index in [9.17, 15) is 32.7 Å². The summed E-state index contributed by atoms with van der Waals surface area (Å²) in [5.74, 6) is -3.29. The summed E-state index contributed by atoms with van der Waals surface area (Å²) in [7, 11) is -4.31. The van der Waals surface area contributed by atoms with Gasteiger partial charge in [0.1, 0.15) is 12.1 Å². The van der Waals surface area contributed by atoms with E-state index in [0.717, 1.165) is 0 Å². The predicted octanol–water partition coefficient (Wildman–Crippen LogP) is 0.262. The summed E-state index contributed by atoms with van der Waals surface area (Å²) < 4.78 is 23.8. The van der Waals surface area contributed by atoms with E-state index in [0.29, 0.717) is 11.0 Å². The maximum absolute atomic E-state index is 12.8. The highest BCUT2D eigenvalue weighted by Crippen LogP contribution is 2.16. The molecule has 1 aromatic carbocycles. The lowest BCUT2D eigenvalue weighted by Gasteiger charge is -2.25. The number of amides is 2. The molecule has 0 aliphatic rings. The van der Waals surface area contributed by atoms with Crippen molar-refractivity contribution >= 4 is 32.7 Å². The van der Waals surface area contributed by atoms with Crippen LogP contribution >= 0.6 is 0 Å². The third-order valence-electron chi connectivity index (χ3n) is 4.28. The van der Waals surface area contributed by atoms with Gasteiger partial charge in [-0.3, -0.25) is 24.5 Å². The van der Waals surface area contributed by atoms with Crippen LogP contribution in [-0.4, -0.2) is 48.5 Å². The molecule has 0 radical (unpaired) electrons. The summed E-state index contributed by atoms with van der Waals surface area (Å²) in [5.41, 5.74) is 5.52. The van der Waals surface area contributed by atoms with E-state index in [-0.39, 0.29) is 12.3 Å². The van der Waals surface area contributed by atoms with Crippen LogP contribution in [0.4, 0.5) is 0 Å². The van der Waals surface area contributed by atoms with Gasteiger partial charge < -0.3 is 16.2 Å². The molecule has 11 heteroatoms. The molecule has 0 saturated heterocycles. The normalized spacial score (nSPS) is 14.3. The van der Waals surface area contributed by atoms with Crippen molar-refractivity contribution < 1.29 is 32.7 Å². The van der Waals surface area contributed by atoms with Crippen molar-refractivity contribution in [2.45, 2.75) is 44.8 Å². The minimum Gasteiger partial charge on any atom is -0.480 e. The van der Waals surface area contributed by atoms with Crippen LogP contribution < -0.4 is 16.4 Å². The lowest BCUT2D eigenvalue weighted by molar-refractivity contribution is -0.140. The number of rotatable bonds is 12. The Kier molecular flexibility index (Phi) is 9.53. The van der Waals surface area contributed by atoms with E-state index in [1.165, 1.54) is 12.1 Å². The molecule has 1 unspecified atom stereocenters. The zero-order valence-electron chi connectivity index (χ0n) is 17.3. The molecule has 170 valence electrons. The molecule has 0 aliphatic carbocycles. The largest absolute Gasteiger partial charge is 0.480 e. The molecule has 0 saturated carbocycles. The second-order valence-corrected chi connectivity index (χ2v) is 9.12. The Hall–Kier alpha value is -3.05. The predicted molar refractivity (Wildman–Crippen MR) is 113 cm³/mol. The van der Waals surface area contributed by atoms with Gasteiger partial charge in [-0.05, 0) is 17.9 Å². The van der Waals surface area contributed by atoms with Crippen molar-refractivity contribution in [1.29, 1.82) is 0 Å². The van der Waals surface area contributed by atoms with Crippen LogP contribution in [-0.2, 0) is 29.0 Å². The smallest absolute Gasteiger partial charge is 0.325 e.